The van der Waals surface area contributed by atoms with Crippen molar-refractivity contribution in [2.24, 2.45) is 0 Å². The first-order chi connectivity index (χ1) is 18.5. The molecule has 7 nitrogen and oxygen atoms in total. The number of ketones is 1. The number of fused-ring (bicyclic) bond motifs is 1. The number of carbonyl (C=O) groups is 2. The Labute approximate surface area is 229 Å². The monoisotopic (exact) mass is 546 g/mol. The number of aliphatic hydroxyl groups excluding tert-OH is 1. The van der Waals surface area contributed by atoms with Crippen LogP contribution >= 0.6 is 11.3 Å². The molecule has 3 aromatic carbocycles. The van der Waals surface area contributed by atoms with E-state index in [9.17, 15) is 19.1 Å². The topological polar surface area (TPSA) is 89.0 Å². The van der Waals surface area contributed by atoms with E-state index in [0.29, 0.717) is 32.8 Å². The predicted molar refractivity (Wildman–Crippen MR) is 149 cm³/mol. The van der Waals surface area contributed by atoms with Crippen LogP contribution < -0.4 is 14.4 Å². The Kier molecular flexibility index (Phi) is 6.64. The van der Waals surface area contributed by atoms with Gasteiger partial charge in [-0.3, -0.25) is 14.5 Å². The molecule has 200 valence electrons. The Morgan fingerprint density at radius 2 is 1.72 bits per heavy atom. The third-order valence-electron chi connectivity index (χ3n) is 6.74. The third-order valence-corrected chi connectivity index (χ3v) is 7.76. The van der Waals surface area contributed by atoms with Crippen molar-refractivity contribution in [3.63, 3.8) is 0 Å². The van der Waals surface area contributed by atoms with Crippen LogP contribution in [-0.2, 0) is 15.0 Å². The van der Waals surface area contributed by atoms with Gasteiger partial charge in [-0.1, -0.05) is 50.3 Å². The minimum Gasteiger partial charge on any atom is -0.507 e. The predicted octanol–water partition coefficient (Wildman–Crippen LogP) is 6.38. The summed E-state index contributed by atoms with van der Waals surface area (Å²) in [4.78, 5) is 32.9. The van der Waals surface area contributed by atoms with Gasteiger partial charge in [-0.25, -0.2) is 9.37 Å². The van der Waals surface area contributed by atoms with Gasteiger partial charge < -0.3 is 14.6 Å². The van der Waals surface area contributed by atoms with Gasteiger partial charge in [0.1, 0.15) is 23.1 Å². The molecular formula is C30H27FN2O5S. The van der Waals surface area contributed by atoms with Crippen LogP contribution in [-0.4, -0.2) is 36.0 Å². The zero-order valence-corrected chi connectivity index (χ0v) is 22.9. The van der Waals surface area contributed by atoms with Crippen molar-refractivity contribution in [2.75, 3.05) is 19.1 Å². The molecule has 0 aliphatic carbocycles. The number of hydrogen-bond acceptors (Lipinski definition) is 7. The number of hydrogen-bond donors (Lipinski definition) is 1. The summed E-state index contributed by atoms with van der Waals surface area (Å²) in [6.07, 6.45) is 0. The molecule has 4 aromatic rings. The maximum Gasteiger partial charge on any atom is 0.301 e. The van der Waals surface area contributed by atoms with Crippen LogP contribution in [0.4, 0.5) is 9.52 Å². The van der Waals surface area contributed by atoms with Crippen molar-refractivity contribution in [3.05, 3.63) is 88.7 Å². The van der Waals surface area contributed by atoms with E-state index in [4.69, 9.17) is 9.47 Å². The van der Waals surface area contributed by atoms with Gasteiger partial charge in [0.25, 0.3) is 5.78 Å². The van der Waals surface area contributed by atoms with Gasteiger partial charge in [-0.2, -0.15) is 0 Å². The standard InChI is InChI=1S/C30H27FN2O5S/c1-30(2,3)17-8-13-22(38-5)20(14-17)26(34)24-25(16-6-10-19(37-4)11-7-16)33(28(36)27(24)35)29-32-21-12-9-18(31)15-23(21)39-29/h6-15,25,34H,1-5H3/b26-24+. The van der Waals surface area contributed by atoms with Crippen LogP contribution in [0, 0.1) is 5.82 Å². The number of benzene rings is 3. The summed E-state index contributed by atoms with van der Waals surface area (Å²) in [5, 5.41) is 11.9. The summed E-state index contributed by atoms with van der Waals surface area (Å²) < 4.78 is 25.2. The van der Waals surface area contributed by atoms with Gasteiger partial charge in [0.15, 0.2) is 5.13 Å². The molecule has 1 aliphatic heterocycles. The summed E-state index contributed by atoms with van der Waals surface area (Å²) >= 11 is 1.09. The molecule has 0 bridgehead atoms. The number of methoxy groups -OCH3 is 2. The number of aliphatic hydroxyl groups is 1. The van der Waals surface area contributed by atoms with Gasteiger partial charge in [0, 0.05) is 0 Å². The lowest BCUT2D eigenvalue weighted by molar-refractivity contribution is -0.132. The molecular weight excluding hydrogens is 519 g/mol. The van der Waals surface area contributed by atoms with Crippen molar-refractivity contribution in [3.8, 4) is 11.5 Å². The van der Waals surface area contributed by atoms with Gasteiger partial charge in [-0.05, 0) is 59.0 Å². The fourth-order valence-corrected chi connectivity index (χ4v) is 5.64. The van der Waals surface area contributed by atoms with Gasteiger partial charge >= 0.3 is 5.91 Å². The second-order valence-electron chi connectivity index (χ2n) is 10.2. The maximum atomic E-state index is 13.9. The van der Waals surface area contributed by atoms with E-state index in [-0.39, 0.29) is 21.9 Å². The molecule has 1 aromatic heterocycles. The highest BCUT2D eigenvalue weighted by molar-refractivity contribution is 7.22. The summed E-state index contributed by atoms with van der Waals surface area (Å²) in [6, 6.07) is 15.4. The number of anilines is 1. The Morgan fingerprint density at radius 1 is 1.00 bits per heavy atom. The largest absolute Gasteiger partial charge is 0.507 e. The van der Waals surface area contributed by atoms with Crippen LogP contribution in [0.5, 0.6) is 11.5 Å². The first-order valence-corrected chi connectivity index (χ1v) is 13.0. The van der Waals surface area contributed by atoms with Crippen LogP contribution in [0.25, 0.3) is 16.0 Å². The van der Waals surface area contributed by atoms with Crippen LogP contribution in [0.2, 0.25) is 0 Å². The Balaban J connectivity index is 1.76. The molecule has 39 heavy (non-hydrogen) atoms. The Hall–Kier alpha value is -4.24. The molecule has 0 spiro atoms. The molecule has 1 aliphatic rings. The van der Waals surface area contributed by atoms with Crippen LogP contribution in [0.15, 0.2) is 66.2 Å². The molecule has 1 unspecified atom stereocenters. The minimum absolute atomic E-state index is 0.0973. The van der Waals surface area contributed by atoms with Gasteiger partial charge in [0.2, 0.25) is 0 Å². The zero-order valence-electron chi connectivity index (χ0n) is 22.1. The summed E-state index contributed by atoms with van der Waals surface area (Å²) in [6.45, 7) is 6.10. The highest BCUT2D eigenvalue weighted by atomic mass is 32.1. The van der Waals surface area contributed by atoms with E-state index in [1.165, 1.54) is 37.3 Å². The number of thiazole rings is 1. The number of carbonyl (C=O) groups excluding carboxylic acids is 2. The second-order valence-corrected chi connectivity index (χ2v) is 11.2. The van der Waals surface area contributed by atoms with E-state index >= 15 is 0 Å². The van der Waals surface area contributed by atoms with Crippen molar-refractivity contribution in [1.29, 1.82) is 0 Å². The number of halogens is 1. The average Bonchev–Trinajstić information content (AvgIpc) is 3.44. The Morgan fingerprint density at radius 3 is 2.36 bits per heavy atom. The molecule has 1 fully saturated rings. The number of ether oxygens (including phenoxy) is 2. The summed E-state index contributed by atoms with van der Waals surface area (Å²) in [5.74, 6) is -1.55. The van der Waals surface area contributed by atoms with Crippen molar-refractivity contribution >= 4 is 44.1 Å². The number of rotatable bonds is 5. The normalized spacial score (nSPS) is 17.2. The maximum absolute atomic E-state index is 13.9. The molecule has 1 N–H and O–H groups in total. The van der Waals surface area contributed by atoms with Gasteiger partial charge in [-0.15, -0.1) is 0 Å². The van der Waals surface area contributed by atoms with Crippen molar-refractivity contribution in [1.82, 2.24) is 4.98 Å². The fraction of sp³-hybridized carbons (Fsp3) is 0.233. The molecule has 1 saturated heterocycles. The quantitative estimate of drug-likeness (QED) is 0.178. The number of amides is 1. The number of nitrogens with zero attached hydrogens (tertiary/aromatic N) is 2. The minimum atomic E-state index is -0.996. The van der Waals surface area contributed by atoms with Crippen molar-refractivity contribution in [2.45, 2.75) is 32.2 Å². The SMILES string of the molecule is COc1ccc(C2/C(=C(\O)c3cc(C(C)(C)C)ccc3OC)C(=O)C(=O)N2c2nc3ccc(F)cc3s2)cc1. The molecule has 2 heterocycles. The molecule has 1 atom stereocenters. The molecule has 0 saturated carbocycles. The lowest BCUT2D eigenvalue weighted by Crippen LogP contribution is -2.29. The molecule has 0 radical (unpaired) electrons. The van der Waals surface area contributed by atoms with E-state index in [1.807, 2.05) is 26.8 Å². The van der Waals surface area contributed by atoms with E-state index in [2.05, 4.69) is 4.98 Å². The second kappa shape index (κ2) is 9.81. The van der Waals surface area contributed by atoms with Crippen LogP contribution in [0.3, 0.4) is 0 Å². The zero-order chi connectivity index (χ0) is 28.1. The first-order valence-electron chi connectivity index (χ1n) is 12.2. The van der Waals surface area contributed by atoms with E-state index in [1.54, 1.807) is 36.4 Å². The Bertz CT molecular complexity index is 1640. The van der Waals surface area contributed by atoms with E-state index < -0.39 is 23.5 Å². The summed E-state index contributed by atoms with van der Waals surface area (Å²) in [5.41, 5.74) is 1.92. The van der Waals surface area contributed by atoms with Gasteiger partial charge in [0.05, 0.1) is 41.6 Å². The molecule has 1 amide bonds. The third kappa shape index (κ3) is 4.63. The highest BCUT2D eigenvalue weighted by Gasteiger charge is 2.48. The number of aromatic nitrogens is 1. The summed E-state index contributed by atoms with van der Waals surface area (Å²) in [7, 11) is 3.01. The lowest BCUT2D eigenvalue weighted by Gasteiger charge is -2.24. The average molecular weight is 547 g/mol. The lowest BCUT2D eigenvalue weighted by atomic mass is 9.85. The number of Topliss-reactive ketones (excluding diaryl/α,β-unsaturated/α-hetero) is 1. The van der Waals surface area contributed by atoms with E-state index in [0.717, 1.165) is 16.9 Å². The first kappa shape index (κ1) is 26.4. The highest BCUT2D eigenvalue weighted by Crippen LogP contribution is 2.45. The molecule has 5 rings (SSSR count). The fourth-order valence-electron chi connectivity index (χ4n) is 4.63. The molecule has 9 heteroatoms. The van der Waals surface area contributed by atoms with Crippen LogP contribution in [0.1, 0.15) is 43.5 Å². The van der Waals surface area contributed by atoms with Crippen molar-refractivity contribution < 1.29 is 28.6 Å². The smallest absolute Gasteiger partial charge is 0.301 e.